The number of H-pyrrole nitrogens is 1. The number of aromatic amines is 1. The normalized spacial score (nSPS) is 10.4. The highest BCUT2D eigenvalue weighted by Gasteiger charge is 2.14. The summed E-state index contributed by atoms with van der Waals surface area (Å²) in [5, 5.41) is 20.8. The molecular formula is C18H19N7O4. The number of nitrogens with one attached hydrogen (secondary N) is 2. The smallest absolute Gasteiger partial charge is 0.290 e. The molecule has 1 amide bonds. The van der Waals surface area contributed by atoms with Gasteiger partial charge in [-0.2, -0.15) is 15.2 Å². The largest absolute Gasteiger partial charge is 0.483 e. The van der Waals surface area contributed by atoms with E-state index in [1.54, 1.807) is 22.9 Å². The molecule has 0 atom stereocenters. The van der Waals surface area contributed by atoms with E-state index in [1.807, 2.05) is 19.9 Å². The Morgan fingerprint density at radius 2 is 2.21 bits per heavy atom. The van der Waals surface area contributed by atoms with E-state index >= 15 is 0 Å². The molecule has 0 spiro atoms. The van der Waals surface area contributed by atoms with Crippen LogP contribution in [0.2, 0.25) is 0 Å². The maximum Gasteiger partial charge on any atom is 0.290 e. The van der Waals surface area contributed by atoms with E-state index < -0.39 is 0 Å². The van der Waals surface area contributed by atoms with Crippen LogP contribution >= 0.6 is 0 Å². The first kappa shape index (κ1) is 19.7. The lowest BCUT2D eigenvalue weighted by molar-refractivity contribution is -0.123. The second-order valence-electron chi connectivity index (χ2n) is 6.03. The van der Waals surface area contributed by atoms with Crippen LogP contribution in [0, 0.1) is 13.8 Å². The zero-order chi connectivity index (χ0) is 20.8. The molecule has 0 saturated heterocycles. The van der Waals surface area contributed by atoms with Crippen LogP contribution in [0.15, 0.2) is 35.2 Å². The van der Waals surface area contributed by atoms with E-state index in [0.29, 0.717) is 35.9 Å². The summed E-state index contributed by atoms with van der Waals surface area (Å²) in [4.78, 5) is 29.2. The van der Waals surface area contributed by atoms with Crippen LogP contribution in [-0.2, 0) is 16.0 Å². The van der Waals surface area contributed by atoms with Gasteiger partial charge in [0, 0.05) is 23.9 Å². The SMILES string of the molecule is Cc1nc2ncnn2c(C)c1CCC(=O)Nc1cc(-c2ccco2)[nH]n1.O=CO. The fourth-order valence-corrected chi connectivity index (χ4v) is 2.90. The molecule has 3 N–H and O–H groups in total. The van der Waals surface area contributed by atoms with Crippen LogP contribution in [0.3, 0.4) is 0 Å². The molecule has 4 aromatic rings. The number of hydrogen-bond acceptors (Lipinski definition) is 7. The highest BCUT2D eigenvalue weighted by atomic mass is 16.3. The zero-order valence-corrected chi connectivity index (χ0v) is 15.8. The monoisotopic (exact) mass is 397 g/mol. The first-order valence-corrected chi connectivity index (χ1v) is 8.66. The first-order valence-electron chi connectivity index (χ1n) is 8.66. The van der Waals surface area contributed by atoms with E-state index in [1.165, 1.54) is 6.33 Å². The third-order valence-corrected chi connectivity index (χ3v) is 4.22. The van der Waals surface area contributed by atoms with Crippen molar-refractivity contribution in [2.75, 3.05) is 5.32 Å². The molecule has 0 aliphatic heterocycles. The van der Waals surface area contributed by atoms with Gasteiger partial charge in [0.05, 0.1) is 6.26 Å². The summed E-state index contributed by atoms with van der Waals surface area (Å²) in [7, 11) is 0. The standard InChI is InChI=1S/C17H17N7O2.CH2O2/c1-10-12(11(2)24-17(20-10)18-9-19-24)5-6-16(25)21-15-8-13(22-23-15)14-4-3-7-26-14;2-1-3/h3-4,7-9H,5-6H2,1-2H3,(H2,21,22,23,25);1H,(H,2,3). The Labute approximate surface area is 164 Å². The molecule has 0 bridgehead atoms. The number of carboxylic acid groups (broad SMARTS) is 1. The van der Waals surface area contributed by atoms with Gasteiger partial charge in [0.1, 0.15) is 12.0 Å². The Hall–Kier alpha value is -4.02. The molecule has 0 aliphatic carbocycles. The third-order valence-electron chi connectivity index (χ3n) is 4.22. The zero-order valence-electron chi connectivity index (χ0n) is 15.8. The van der Waals surface area contributed by atoms with Crippen molar-refractivity contribution in [2.45, 2.75) is 26.7 Å². The Balaban J connectivity index is 0.000000755. The van der Waals surface area contributed by atoms with Gasteiger partial charge in [-0.25, -0.2) is 9.50 Å². The maximum absolute atomic E-state index is 12.3. The summed E-state index contributed by atoms with van der Waals surface area (Å²) in [5.41, 5.74) is 3.50. The highest BCUT2D eigenvalue weighted by molar-refractivity contribution is 5.90. The van der Waals surface area contributed by atoms with Gasteiger partial charge in [0.25, 0.3) is 12.2 Å². The Kier molecular flexibility index (Phi) is 5.97. The van der Waals surface area contributed by atoms with Crippen molar-refractivity contribution in [3.8, 4) is 11.5 Å². The molecule has 0 radical (unpaired) electrons. The Morgan fingerprint density at radius 3 is 2.93 bits per heavy atom. The second kappa shape index (κ2) is 8.78. The van der Waals surface area contributed by atoms with Crippen LogP contribution in [0.5, 0.6) is 0 Å². The average Bonchev–Trinajstić information content (AvgIpc) is 3.43. The molecule has 0 fully saturated rings. The number of rotatable bonds is 5. The van der Waals surface area contributed by atoms with Crippen molar-refractivity contribution in [3.63, 3.8) is 0 Å². The van der Waals surface area contributed by atoms with Crippen LogP contribution < -0.4 is 5.32 Å². The van der Waals surface area contributed by atoms with Gasteiger partial charge in [-0.15, -0.1) is 0 Å². The number of anilines is 1. The van der Waals surface area contributed by atoms with Crippen LogP contribution in [-0.4, -0.2) is 47.3 Å². The molecule has 0 aliphatic rings. The predicted molar refractivity (Wildman–Crippen MR) is 102 cm³/mol. The number of amides is 1. The molecule has 4 aromatic heterocycles. The molecule has 0 aromatic carbocycles. The van der Waals surface area contributed by atoms with Crippen LogP contribution in [0.25, 0.3) is 17.2 Å². The molecule has 4 rings (SSSR count). The van der Waals surface area contributed by atoms with E-state index in [0.717, 1.165) is 17.0 Å². The van der Waals surface area contributed by atoms with Gasteiger partial charge in [-0.1, -0.05) is 0 Å². The van der Waals surface area contributed by atoms with Gasteiger partial charge in [0.15, 0.2) is 11.6 Å². The fraction of sp³-hybridized carbons (Fsp3) is 0.222. The molecule has 150 valence electrons. The first-order chi connectivity index (χ1) is 14.0. The van der Waals surface area contributed by atoms with Crippen molar-refractivity contribution in [1.29, 1.82) is 0 Å². The quantitative estimate of drug-likeness (QED) is 0.432. The fourth-order valence-electron chi connectivity index (χ4n) is 2.90. The molecule has 11 nitrogen and oxygen atoms in total. The number of hydrogen-bond donors (Lipinski definition) is 3. The second-order valence-corrected chi connectivity index (χ2v) is 6.03. The van der Waals surface area contributed by atoms with Gasteiger partial charge < -0.3 is 14.8 Å². The van der Waals surface area contributed by atoms with Gasteiger partial charge >= 0.3 is 0 Å². The van der Waals surface area contributed by atoms with Gasteiger partial charge in [-0.3, -0.25) is 14.7 Å². The van der Waals surface area contributed by atoms with Crippen LogP contribution in [0.1, 0.15) is 23.4 Å². The lowest BCUT2D eigenvalue weighted by Crippen LogP contribution is -2.14. The average molecular weight is 397 g/mol. The van der Waals surface area contributed by atoms with Crippen molar-refractivity contribution < 1.29 is 19.1 Å². The van der Waals surface area contributed by atoms with Crippen molar-refractivity contribution in [2.24, 2.45) is 0 Å². The Morgan fingerprint density at radius 1 is 1.41 bits per heavy atom. The van der Waals surface area contributed by atoms with E-state index in [4.69, 9.17) is 14.3 Å². The molecule has 4 heterocycles. The Bertz CT molecular complexity index is 1110. The minimum absolute atomic E-state index is 0.125. The number of nitrogens with zero attached hydrogens (tertiary/aromatic N) is 5. The lowest BCUT2D eigenvalue weighted by Gasteiger charge is -2.10. The van der Waals surface area contributed by atoms with Gasteiger partial charge in [0.2, 0.25) is 5.91 Å². The summed E-state index contributed by atoms with van der Waals surface area (Å²) in [5.74, 6) is 1.56. The molecular weight excluding hydrogens is 378 g/mol. The van der Waals surface area contributed by atoms with Crippen LogP contribution in [0.4, 0.5) is 5.82 Å². The van der Waals surface area contributed by atoms with Crippen molar-refractivity contribution >= 4 is 24.0 Å². The third kappa shape index (κ3) is 4.46. The number of fused-ring (bicyclic) bond motifs is 1. The minimum Gasteiger partial charge on any atom is -0.483 e. The summed E-state index contributed by atoms with van der Waals surface area (Å²) < 4.78 is 6.98. The molecule has 11 heteroatoms. The maximum atomic E-state index is 12.3. The number of aryl methyl sites for hydroxylation is 2. The number of carbonyl (C=O) groups is 2. The number of furan rings is 1. The number of carbonyl (C=O) groups excluding carboxylic acids is 1. The van der Waals surface area contributed by atoms with E-state index in [9.17, 15) is 4.79 Å². The van der Waals surface area contributed by atoms with E-state index in [-0.39, 0.29) is 12.4 Å². The summed E-state index contributed by atoms with van der Waals surface area (Å²) in [6.07, 6.45) is 3.92. The predicted octanol–water partition coefficient (Wildman–Crippen LogP) is 2.00. The van der Waals surface area contributed by atoms with E-state index in [2.05, 4.69) is 30.6 Å². The summed E-state index contributed by atoms with van der Waals surface area (Å²) in [6, 6.07) is 5.34. The summed E-state index contributed by atoms with van der Waals surface area (Å²) in [6.45, 7) is 3.62. The van der Waals surface area contributed by atoms with Crippen molar-refractivity contribution in [1.82, 2.24) is 29.8 Å². The van der Waals surface area contributed by atoms with Crippen molar-refractivity contribution in [3.05, 3.63) is 47.7 Å². The molecule has 0 saturated carbocycles. The molecule has 29 heavy (non-hydrogen) atoms. The summed E-state index contributed by atoms with van der Waals surface area (Å²) >= 11 is 0. The highest BCUT2D eigenvalue weighted by Crippen LogP contribution is 2.20. The minimum atomic E-state index is -0.250. The number of aromatic nitrogens is 6. The molecule has 0 unspecified atom stereocenters. The topological polar surface area (TPSA) is 151 Å². The van der Waals surface area contributed by atoms with Gasteiger partial charge in [-0.05, 0) is 38.0 Å². The lowest BCUT2D eigenvalue weighted by atomic mass is 10.1.